The summed E-state index contributed by atoms with van der Waals surface area (Å²) in [4.78, 5) is 4.06. The van der Waals surface area contributed by atoms with E-state index >= 15 is 0 Å². The molecule has 1 heterocycles. The van der Waals surface area contributed by atoms with Gasteiger partial charge in [-0.2, -0.15) is 0 Å². The molecule has 1 atom stereocenters. The molecule has 0 amide bonds. The molecule has 0 saturated heterocycles. The number of nitrogens with one attached hydrogen (secondary N) is 1. The fraction of sp³-hybridized carbons (Fsp3) is 0.214. The molecule has 6 heteroatoms. The van der Waals surface area contributed by atoms with Gasteiger partial charge in [0.05, 0.1) is 6.04 Å². The van der Waals surface area contributed by atoms with Crippen molar-refractivity contribution in [3.05, 3.63) is 58.8 Å². The Morgan fingerprint density at radius 1 is 1.20 bits per heavy atom. The lowest BCUT2D eigenvalue weighted by Gasteiger charge is -2.18. The number of hydrazine groups is 1. The third kappa shape index (κ3) is 3.28. The number of hydrogen-bond donors (Lipinski definition) is 3. The van der Waals surface area contributed by atoms with E-state index in [1.807, 2.05) is 13.0 Å². The van der Waals surface area contributed by atoms with Crippen LogP contribution >= 0.6 is 0 Å². The summed E-state index contributed by atoms with van der Waals surface area (Å²) in [5.41, 5.74) is 10.6. The van der Waals surface area contributed by atoms with Crippen molar-refractivity contribution in [2.75, 3.05) is 5.73 Å². The van der Waals surface area contributed by atoms with E-state index in [1.54, 1.807) is 6.20 Å². The number of pyridine rings is 1. The lowest BCUT2D eigenvalue weighted by molar-refractivity contribution is 0.540. The molecule has 0 saturated carbocycles. The number of nitrogens with two attached hydrogens (primary N) is 2. The van der Waals surface area contributed by atoms with Gasteiger partial charge in [0, 0.05) is 17.8 Å². The van der Waals surface area contributed by atoms with E-state index in [1.165, 1.54) is 12.1 Å². The van der Waals surface area contributed by atoms with E-state index in [-0.39, 0.29) is 6.04 Å². The molecule has 20 heavy (non-hydrogen) atoms. The summed E-state index contributed by atoms with van der Waals surface area (Å²) >= 11 is 0. The van der Waals surface area contributed by atoms with E-state index in [4.69, 9.17) is 11.6 Å². The molecular formula is C14H16F2N4. The van der Waals surface area contributed by atoms with Gasteiger partial charge < -0.3 is 5.73 Å². The summed E-state index contributed by atoms with van der Waals surface area (Å²) in [6, 6.07) is 4.85. The minimum absolute atomic E-state index is 0.306. The molecule has 0 aliphatic rings. The van der Waals surface area contributed by atoms with E-state index < -0.39 is 11.6 Å². The van der Waals surface area contributed by atoms with Crippen LogP contribution in [0.3, 0.4) is 0 Å². The number of aromatic nitrogens is 1. The Morgan fingerprint density at radius 3 is 2.45 bits per heavy atom. The van der Waals surface area contributed by atoms with Gasteiger partial charge in [-0.25, -0.2) is 13.8 Å². The van der Waals surface area contributed by atoms with E-state index in [2.05, 4.69) is 10.4 Å². The van der Waals surface area contributed by atoms with E-state index in [0.29, 0.717) is 23.4 Å². The van der Waals surface area contributed by atoms with Crippen molar-refractivity contribution >= 4 is 5.82 Å². The van der Waals surface area contributed by atoms with Crippen molar-refractivity contribution in [1.29, 1.82) is 0 Å². The molecule has 2 aromatic rings. The van der Waals surface area contributed by atoms with Gasteiger partial charge >= 0.3 is 0 Å². The zero-order valence-electron chi connectivity index (χ0n) is 11.0. The number of anilines is 1. The maximum absolute atomic E-state index is 13.2. The summed E-state index contributed by atoms with van der Waals surface area (Å²) in [5, 5.41) is 0. The number of aryl methyl sites for hydroxylation is 1. The molecule has 1 aromatic heterocycles. The molecule has 0 radical (unpaired) electrons. The maximum atomic E-state index is 13.2. The summed E-state index contributed by atoms with van der Waals surface area (Å²) in [6.07, 6.45) is 1.95. The number of nitrogen functional groups attached to an aromatic ring is 1. The topological polar surface area (TPSA) is 77.0 Å². The zero-order chi connectivity index (χ0) is 14.7. The van der Waals surface area contributed by atoms with Gasteiger partial charge in [-0.1, -0.05) is 0 Å². The van der Waals surface area contributed by atoms with Crippen LogP contribution in [0.25, 0.3) is 0 Å². The van der Waals surface area contributed by atoms with Gasteiger partial charge in [0.25, 0.3) is 0 Å². The first-order valence-corrected chi connectivity index (χ1v) is 6.12. The highest BCUT2D eigenvalue weighted by atomic mass is 19.1. The van der Waals surface area contributed by atoms with Crippen molar-refractivity contribution in [1.82, 2.24) is 10.4 Å². The second-order valence-electron chi connectivity index (χ2n) is 4.69. The lowest BCUT2D eigenvalue weighted by atomic mass is 9.99. The zero-order valence-corrected chi connectivity index (χ0v) is 11.0. The molecule has 4 nitrogen and oxygen atoms in total. The molecular weight excluding hydrogens is 262 g/mol. The highest BCUT2D eigenvalue weighted by Crippen LogP contribution is 2.23. The van der Waals surface area contributed by atoms with Crippen LogP contribution in [-0.4, -0.2) is 4.98 Å². The van der Waals surface area contributed by atoms with Gasteiger partial charge in [-0.3, -0.25) is 11.3 Å². The maximum Gasteiger partial charge on any atom is 0.128 e. The quantitative estimate of drug-likeness (QED) is 0.590. The standard InChI is InChI=1S/C14H16F2N4/c1-8-2-12(14(17)19-7-8)13(20-18)5-9-3-10(15)6-11(16)4-9/h2-4,6-7,13,20H,5,18H2,1H3,(H2,17,19). The Balaban J connectivity index is 2.31. The Labute approximate surface area is 115 Å². The smallest absolute Gasteiger partial charge is 0.128 e. The second kappa shape index (κ2) is 5.94. The average Bonchev–Trinajstić information content (AvgIpc) is 2.38. The van der Waals surface area contributed by atoms with Crippen LogP contribution in [0.15, 0.2) is 30.5 Å². The monoisotopic (exact) mass is 278 g/mol. The third-order valence-corrected chi connectivity index (χ3v) is 3.02. The number of hydrogen-bond acceptors (Lipinski definition) is 4. The van der Waals surface area contributed by atoms with Crippen molar-refractivity contribution in [3.8, 4) is 0 Å². The summed E-state index contributed by atoms with van der Waals surface area (Å²) < 4.78 is 26.4. The molecule has 106 valence electrons. The molecule has 1 unspecified atom stereocenters. The van der Waals surface area contributed by atoms with Crippen molar-refractivity contribution in [2.24, 2.45) is 5.84 Å². The van der Waals surface area contributed by atoms with Gasteiger partial charge in [0.15, 0.2) is 0 Å². The van der Waals surface area contributed by atoms with Crippen LogP contribution in [0.2, 0.25) is 0 Å². The van der Waals surface area contributed by atoms with Crippen molar-refractivity contribution < 1.29 is 8.78 Å². The van der Waals surface area contributed by atoms with Gasteiger partial charge in [-0.15, -0.1) is 0 Å². The lowest BCUT2D eigenvalue weighted by Crippen LogP contribution is -2.30. The minimum atomic E-state index is -0.619. The second-order valence-corrected chi connectivity index (χ2v) is 4.69. The Kier molecular flexibility index (Phi) is 4.26. The van der Waals surface area contributed by atoms with E-state index in [0.717, 1.165) is 11.6 Å². The molecule has 2 rings (SSSR count). The largest absolute Gasteiger partial charge is 0.383 e. The summed E-state index contributed by atoms with van der Waals surface area (Å²) in [5.74, 6) is 4.63. The van der Waals surface area contributed by atoms with Crippen LogP contribution in [-0.2, 0) is 6.42 Å². The molecule has 0 aliphatic carbocycles. The summed E-state index contributed by atoms with van der Waals surface area (Å²) in [6.45, 7) is 1.88. The average molecular weight is 278 g/mol. The van der Waals surface area contributed by atoms with Crippen molar-refractivity contribution in [3.63, 3.8) is 0 Å². The van der Waals surface area contributed by atoms with Crippen molar-refractivity contribution in [2.45, 2.75) is 19.4 Å². The number of rotatable bonds is 4. The van der Waals surface area contributed by atoms with E-state index in [9.17, 15) is 8.78 Å². The highest BCUT2D eigenvalue weighted by Gasteiger charge is 2.15. The van der Waals surface area contributed by atoms with Crippen LogP contribution in [0.4, 0.5) is 14.6 Å². The van der Waals surface area contributed by atoms with Crippen LogP contribution < -0.4 is 17.0 Å². The van der Waals surface area contributed by atoms with Crippen LogP contribution in [0, 0.1) is 18.6 Å². The Morgan fingerprint density at radius 2 is 1.85 bits per heavy atom. The molecule has 0 spiro atoms. The minimum Gasteiger partial charge on any atom is -0.383 e. The van der Waals surface area contributed by atoms with Gasteiger partial charge in [-0.05, 0) is 42.7 Å². The number of nitrogens with zero attached hydrogens (tertiary/aromatic N) is 1. The Hall–Kier alpha value is -2.05. The fourth-order valence-electron chi connectivity index (χ4n) is 2.10. The van der Waals surface area contributed by atoms with Gasteiger partial charge in [0.2, 0.25) is 0 Å². The van der Waals surface area contributed by atoms with Crippen LogP contribution in [0.1, 0.15) is 22.7 Å². The molecule has 0 aliphatic heterocycles. The van der Waals surface area contributed by atoms with Gasteiger partial charge in [0.1, 0.15) is 17.5 Å². The molecule has 5 N–H and O–H groups in total. The highest BCUT2D eigenvalue weighted by molar-refractivity contribution is 5.43. The molecule has 0 fully saturated rings. The molecule has 1 aromatic carbocycles. The fourth-order valence-corrected chi connectivity index (χ4v) is 2.10. The first-order valence-electron chi connectivity index (χ1n) is 6.12. The normalized spacial score (nSPS) is 12.4. The predicted molar refractivity (Wildman–Crippen MR) is 73.5 cm³/mol. The first-order chi connectivity index (χ1) is 9.49. The first kappa shape index (κ1) is 14.4. The number of benzene rings is 1. The van der Waals surface area contributed by atoms with Crippen LogP contribution in [0.5, 0.6) is 0 Å². The molecule has 0 bridgehead atoms. The SMILES string of the molecule is Cc1cnc(N)c(C(Cc2cc(F)cc(F)c2)NN)c1. The Bertz CT molecular complexity index is 596. The third-order valence-electron chi connectivity index (χ3n) is 3.02. The predicted octanol–water partition coefficient (Wildman–Crippen LogP) is 2.00. The number of halogens is 2. The summed E-state index contributed by atoms with van der Waals surface area (Å²) in [7, 11) is 0.